The number of aromatic nitrogens is 2. The molecule has 0 aromatic carbocycles. The van der Waals surface area contributed by atoms with Crippen LogP contribution >= 0.6 is 0 Å². The van der Waals surface area contributed by atoms with Crippen LogP contribution in [0, 0.1) is 29.4 Å². The minimum Gasteiger partial charge on any atom is -0.774 e. The van der Waals surface area contributed by atoms with Crippen molar-refractivity contribution in [3.05, 3.63) is 23.2 Å². The lowest BCUT2D eigenvalue weighted by Crippen LogP contribution is -2.34. The molecule has 0 unspecified atom stereocenters. The maximum Gasteiger partial charge on any atom is 0.433 e. The molecule has 120 valence electrons. The molecular weight excluding hydrogens is 299 g/mol. The van der Waals surface area contributed by atoms with Crippen molar-refractivity contribution in [2.45, 2.75) is 12.2 Å². The first-order valence-corrected chi connectivity index (χ1v) is 6.47. The fraction of sp³-hybridized carbons (Fsp3) is 0.538. The Kier molecular flexibility index (Phi) is 4.55. The monoisotopic (exact) mass is 314 g/mol. The van der Waals surface area contributed by atoms with Crippen LogP contribution in [0.3, 0.4) is 0 Å². The highest BCUT2D eigenvalue weighted by molar-refractivity contribution is 5.32. The highest BCUT2D eigenvalue weighted by Gasteiger charge is 2.51. The van der Waals surface area contributed by atoms with Gasteiger partial charge in [-0.25, -0.2) is 9.97 Å². The summed E-state index contributed by atoms with van der Waals surface area (Å²) in [5.41, 5.74) is 0.756. The zero-order chi connectivity index (χ0) is 16.5. The fourth-order valence-corrected chi connectivity index (χ4v) is 2.48. The summed E-state index contributed by atoms with van der Waals surface area (Å²) in [5, 5.41) is 12.0. The lowest BCUT2D eigenvalue weighted by atomic mass is 10.3. The highest BCUT2D eigenvalue weighted by Crippen LogP contribution is 2.42. The summed E-state index contributed by atoms with van der Waals surface area (Å²) in [5.74, 6) is 2.36. The summed E-state index contributed by atoms with van der Waals surface area (Å²) in [6, 6.07) is 0.659. The fourth-order valence-electron chi connectivity index (χ4n) is 2.48. The minimum atomic E-state index is -4.52. The second kappa shape index (κ2) is 6.08. The number of nitrogens with zero attached hydrogens (tertiary/aromatic N) is 4. The quantitative estimate of drug-likeness (QED) is 0.649. The number of hydrazine groups is 1. The van der Waals surface area contributed by atoms with Crippen molar-refractivity contribution in [1.29, 1.82) is 0 Å². The van der Waals surface area contributed by atoms with Crippen molar-refractivity contribution in [2.75, 3.05) is 25.5 Å². The van der Waals surface area contributed by atoms with E-state index >= 15 is 0 Å². The van der Waals surface area contributed by atoms with Crippen molar-refractivity contribution >= 4 is 5.95 Å². The first-order chi connectivity index (χ1) is 10.3. The summed E-state index contributed by atoms with van der Waals surface area (Å²) in [6.45, 7) is 0.354. The van der Waals surface area contributed by atoms with Crippen LogP contribution in [0.2, 0.25) is 0 Å². The lowest BCUT2D eigenvalue weighted by Gasteiger charge is -2.23. The van der Waals surface area contributed by atoms with Crippen molar-refractivity contribution in [1.82, 2.24) is 20.6 Å². The third-order valence-corrected chi connectivity index (χ3v) is 3.67. The van der Waals surface area contributed by atoms with Crippen molar-refractivity contribution in [2.24, 2.45) is 11.8 Å². The molecule has 6 nitrogen and oxygen atoms in total. The SMILES string of the molecule is C#C[C@H]1[C@@H](CN(C)c2nccc(C(F)(F)F)n2)[C@@H]1N(C)N[O-]. The van der Waals surface area contributed by atoms with Crippen LogP contribution in [0.1, 0.15) is 5.69 Å². The van der Waals surface area contributed by atoms with Gasteiger partial charge in [0.1, 0.15) is 5.69 Å². The zero-order valence-corrected chi connectivity index (χ0v) is 12.0. The molecule has 1 aromatic heterocycles. The number of rotatable bonds is 5. The average Bonchev–Trinajstić information content (AvgIpc) is 3.18. The van der Waals surface area contributed by atoms with E-state index in [2.05, 4.69) is 15.9 Å². The number of hydrogen-bond donors (Lipinski definition) is 1. The Morgan fingerprint density at radius 1 is 1.45 bits per heavy atom. The van der Waals surface area contributed by atoms with Crippen molar-refractivity contribution < 1.29 is 13.2 Å². The first kappa shape index (κ1) is 16.5. The molecule has 1 fully saturated rings. The van der Waals surface area contributed by atoms with Gasteiger partial charge in [0.05, 0.1) is 0 Å². The van der Waals surface area contributed by atoms with Crippen molar-refractivity contribution in [3.63, 3.8) is 0 Å². The molecule has 1 aliphatic rings. The summed E-state index contributed by atoms with van der Waals surface area (Å²) in [7, 11) is 3.16. The maximum atomic E-state index is 12.7. The van der Waals surface area contributed by atoms with Gasteiger partial charge >= 0.3 is 6.18 Å². The molecule has 0 saturated heterocycles. The van der Waals surface area contributed by atoms with Gasteiger partial charge in [-0.15, -0.1) is 12.3 Å². The van der Waals surface area contributed by atoms with E-state index in [-0.39, 0.29) is 23.8 Å². The van der Waals surface area contributed by atoms with Crippen LogP contribution in [0.5, 0.6) is 0 Å². The Morgan fingerprint density at radius 2 is 2.14 bits per heavy atom. The molecule has 1 N–H and O–H groups in total. The predicted octanol–water partition coefficient (Wildman–Crippen LogP) is 1.11. The smallest absolute Gasteiger partial charge is 0.433 e. The first-order valence-electron chi connectivity index (χ1n) is 6.47. The topological polar surface area (TPSA) is 67.4 Å². The summed E-state index contributed by atoms with van der Waals surface area (Å²) in [4.78, 5) is 8.86. The molecule has 2 rings (SSSR count). The van der Waals surface area contributed by atoms with E-state index in [4.69, 9.17) is 6.42 Å². The molecule has 1 saturated carbocycles. The van der Waals surface area contributed by atoms with Gasteiger partial charge in [-0.2, -0.15) is 13.2 Å². The van der Waals surface area contributed by atoms with Crippen LogP contribution in [0.4, 0.5) is 19.1 Å². The molecular formula is C13H15F3N5O-. The molecule has 0 amide bonds. The Hall–Kier alpha value is -1.89. The molecule has 0 bridgehead atoms. The van der Waals surface area contributed by atoms with Crippen LogP contribution in [0.25, 0.3) is 0 Å². The number of anilines is 1. The minimum absolute atomic E-state index is 0.0333. The van der Waals surface area contributed by atoms with Gasteiger partial charge in [0.15, 0.2) is 0 Å². The van der Waals surface area contributed by atoms with Gasteiger partial charge in [-0.1, -0.05) is 0 Å². The summed E-state index contributed by atoms with van der Waals surface area (Å²) >= 11 is 0. The van der Waals surface area contributed by atoms with E-state index < -0.39 is 11.9 Å². The van der Waals surface area contributed by atoms with Gasteiger partial charge in [0.2, 0.25) is 5.95 Å². The Morgan fingerprint density at radius 3 is 2.68 bits per heavy atom. The third-order valence-electron chi connectivity index (χ3n) is 3.67. The van der Waals surface area contributed by atoms with E-state index in [0.29, 0.717) is 6.54 Å². The maximum absolute atomic E-state index is 12.7. The second-order valence-corrected chi connectivity index (χ2v) is 5.17. The lowest BCUT2D eigenvalue weighted by molar-refractivity contribution is -0.141. The van der Waals surface area contributed by atoms with Crippen LogP contribution < -0.4 is 10.5 Å². The number of halogens is 3. The molecule has 22 heavy (non-hydrogen) atoms. The molecule has 0 spiro atoms. The number of hydrogen-bond acceptors (Lipinski definition) is 6. The van der Waals surface area contributed by atoms with Gasteiger partial charge in [-0.3, -0.25) is 5.01 Å². The molecule has 0 radical (unpaired) electrons. The summed E-state index contributed by atoms with van der Waals surface area (Å²) < 4.78 is 38.0. The standard InChI is InChI=1S/C13H15F3N5O/c1-4-8-9(11(8)21(3)19-22)7-20(2)12-17-6-5-10(18-12)13(14,15)16/h1,5-6,8-9,11,19H,7H2,2-3H3/q-1/t8-,9+,11+/m0/s1. The Bertz CT molecular complexity index is 574. The van der Waals surface area contributed by atoms with Crippen LogP contribution in [0.15, 0.2) is 12.3 Å². The zero-order valence-electron chi connectivity index (χ0n) is 12.0. The normalized spacial score (nSPS) is 24.2. The third kappa shape index (κ3) is 3.30. The highest BCUT2D eigenvalue weighted by atomic mass is 19.4. The van der Waals surface area contributed by atoms with Crippen LogP contribution in [-0.4, -0.2) is 41.7 Å². The van der Waals surface area contributed by atoms with Gasteiger partial charge in [0.25, 0.3) is 0 Å². The van der Waals surface area contributed by atoms with E-state index in [1.54, 1.807) is 19.7 Å². The number of alkyl halides is 3. The van der Waals surface area contributed by atoms with Crippen molar-refractivity contribution in [3.8, 4) is 12.3 Å². The average molecular weight is 314 g/mol. The second-order valence-electron chi connectivity index (χ2n) is 5.17. The Balaban J connectivity index is 2.07. The summed E-state index contributed by atoms with van der Waals surface area (Å²) in [6.07, 6.45) is 1.94. The van der Waals surface area contributed by atoms with Gasteiger partial charge in [-0.05, 0) is 6.07 Å². The van der Waals surface area contributed by atoms with E-state index in [9.17, 15) is 18.4 Å². The van der Waals surface area contributed by atoms with E-state index in [1.807, 2.05) is 0 Å². The van der Waals surface area contributed by atoms with Crippen LogP contribution in [-0.2, 0) is 6.18 Å². The largest absolute Gasteiger partial charge is 0.774 e. The van der Waals surface area contributed by atoms with Gasteiger partial charge in [0, 0.05) is 44.7 Å². The predicted molar refractivity (Wildman–Crippen MR) is 74.2 cm³/mol. The molecule has 0 aliphatic heterocycles. The number of terminal acetylenes is 1. The molecule has 1 aliphatic carbocycles. The molecule has 9 heteroatoms. The Labute approximate surface area is 125 Å². The molecule has 3 atom stereocenters. The van der Waals surface area contributed by atoms with Gasteiger partial charge < -0.3 is 15.7 Å². The van der Waals surface area contributed by atoms with E-state index in [0.717, 1.165) is 12.3 Å². The molecule has 1 aromatic rings. The van der Waals surface area contributed by atoms with E-state index in [1.165, 1.54) is 9.91 Å². The number of nitrogens with one attached hydrogen (secondary N) is 1. The molecule has 1 heterocycles.